The zero-order valence-corrected chi connectivity index (χ0v) is 23.3. The highest BCUT2D eigenvalue weighted by atomic mass is 16.5. The van der Waals surface area contributed by atoms with Gasteiger partial charge in [-0.15, -0.1) is 0 Å². The third-order valence-corrected chi connectivity index (χ3v) is 6.77. The Balaban J connectivity index is 1.94. The van der Waals surface area contributed by atoms with Crippen LogP contribution in [0.1, 0.15) is 49.1 Å². The lowest BCUT2D eigenvalue weighted by molar-refractivity contribution is -0.132. The number of carbonyl (C=O) groups is 2. The molecule has 204 valence electrons. The third-order valence-electron chi connectivity index (χ3n) is 6.77. The monoisotopic (exact) mass is 529 g/mol. The molecule has 39 heavy (non-hydrogen) atoms. The Morgan fingerprint density at radius 1 is 0.974 bits per heavy atom. The number of Topliss-reactive ketones (excluding diaryl/α,β-unsaturated/α-hetero) is 1. The van der Waals surface area contributed by atoms with Crippen molar-refractivity contribution in [2.24, 2.45) is 5.92 Å². The molecule has 3 aromatic rings. The number of aliphatic hydroxyl groups is 1. The van der Waals surface area contributed by atoms with Gasteiger partial charge in [0.1, 0.15) is 11.5 Å². The molecule has 1 aliphatic heterocycles. The lowest BCUT2D eigenvalue weighted by atomic mass is 9.94. The number of nitrogens with zero attached hydrogens (tertiary/aromatic N) is 1. The van der Waals surface area contributed by atoms with Crippen LogP contribution in [0.15, 0.2) is 66.2 Å². The molecule has 7 heteroatoms. The van der Waals surface area contributed by atoms with Crippen LogP contribution in [-0.2, 0) is 9.59 Å². The van der Waals surface area contributed by atoms with Crippen LogP contribution in [0.4, 0.5) is 5.69 Å². The molecular weight excluding hydrogens is 494 g/mol. The summed E-state index contributed by atoms with van der Waals surface area (Å²) in [5.74, 6) is 0.148. The summed E-state index contributed by atoms with van der Waals surface area (Å²) in [6, 6.07) is 16.9. The van der Waals surface area contributed by atoms with Gasteiger partial charge in [-0.05, 0) is 73.7 Å². The van der Waals surface area contributed by atoms with Crippen molar-refractivity contribution in [1.29, 1.82) is 0 Å². The van der Waals surface area contributed by atoms with Crippen molar-refractivity contribution in [2.45, 2.75) is 40.7 Å². The first-order chi connectivity index (χ1) is 18.7. The largest absolute Gasteiger partial charge is 0.507 e. The predicted molar refractivity (Wildman–Crippen MR) is 152 cm³/mol. The van der Waals surface area contributed by atoms with Crippen molar-refractivity contribution in [3.05, 3.63) is 88.5 Å². The minimum atomic E-state index is -0.893. The fraction of sp³-hybridized carbons (Fsp3) is 0.312. The van der Waals surface area contributed by atoms with E-state index in [1.54, 1.807) is 49.6 Å². The maximum Gasteiger partial charge on any atom is 0.300 e. The van der Waals surface area contributed by atoms with Crippen LogP contribution in [0, 0.1) is 19.8 Å². The number of aryl methyl sites for hydroxylation is 1. The molecule has 1 unspecified atom stereocenters. The van der Waals surface area contributed by atoms with E-state index in [2.05, 4.69) is 0 Å². The standard InChI is InChI=1S/C32H35NO6/c1-7-38-27-17-22(14-15-26(27)37-6)29-28(30(34)23-11-9-12-24(16-23)39-18-19(2)3)31(35)32(36)33(29)25-13-8-10-20(4)21(25)5/h8-17,19,29,34H,7,18H2,1-6H3/b30-28+. The number of benzene rings is 3. The fourth-order valence-corrected chi connectivity index (χ4v) is 4.68. The Labute approximate surface area is 229 Å². The maximum absolute atomic E-state index is 13.6. The van der Waals surface area contributed by atoms with Gasteiger partial charge in [0, 0.05) is 11.3 Å². The van der Waals surface area contributed by atoms with Gasteiger partial charge in [-0.25, -0.2) is 0 Å². The number of ketones is 1. The summed E-state index contributed by atoms with van der Waals surface area (Å²) >= 11 is 0. The molecule has 0 saturated carbocycles. The van der Waals surface area contributed by atoms with Crippen molar-refractivity contribution in [2.75, 3.05) is 25.2 Å². The van der Waals surface area contributed by atoms with E-state index in [1.165, 1.54) is 4.90 Å². The van der Waals surface area contributed by atoms with Gasteiger partial charge in [0.15, 0.2) is 11.5 Å². The molecule has 4 rings (SSSR count). The molecule has 1 N–H and O–H groups in total. The highest BCUT2D eigenvalue weighted by Crippen LogP contribution is 2.45. The zero-order chi connectivity index (χ0) is 28.3. The second kappa shape index (κ2) is 11.6. The number of rotatable bonds is 9. The first-order valence-electron chi connectivity index (χ1n) is 13.1. The van der Waals surface area contributed by atoms with Crippen molar-refractivity contribution in [1.82, 2.24) is 0 Å². The van der Waals surface area contributed by atoms with Crippen LogP contribution in [0.3, 0.4) is 0 Å². The summed E-state index contributed by atoms with van der Waals surface area (Å²) in [7, 11) is 1.55. The average Bonchev–Trinajstić information content (AvgIpc) is 3.19. The Kier molecular flexibility index (Phi) is 8.29. The van der Waals surface area contributed by atoms with E-state index in [4.69, 9.17) is 14.2 Å². The van der Waals surface area contributed by atoms with Crippen molar-refractivity contribution in [3.63, 3.8) is 0 Å². The second-order valence-corrected chi connectivity index (χ2v) is 9.96. The highest BCUT2D eigenvalue weighted by molar-refractivity contribution is 6.51. The van der Waals surface area contributed by atoms with E-state index in [1.807, 2.05) is 52.8 Å². The molecule has 1 aliphatic rings. The molecule has 0 aliphatic carbocycles. The van der Waals surface area contributed by atoms with E-state index >= 15 is 0 Å². The molecule has 1 heterocycles. The van der Waals surface area contributed by atoms with Crippen LogP contribution in [0.25, 0.3) is 5.76 Å². The summed E-state index contributed by atoms with van der Waals surface area (Å²) in [6.07, 6.45) is 0. The molecule has 0 radical (unpaired) electrons. The Hall–Kier alpha value is -4.26. The molecule has 3 aromatic carbocycles. The van der Waals surface area contributed by atoms with Gasteiger partial charge in [-0.3, -0.25) is 14.5 Å². The summed E-state index contributed by atoms with van der Waals surface area (Å²) in [6.45, 7) is 10.7. The lowest BCUT2D eigenvalue weighted by Gasteiger charge is -2.28. The van der Waals surface area contributed by atoms with E-state index in [0.717, 1.165) is 11.1 Å². The van der Waals surface area contributed by atoms with Crippen molar-refractivity contribution in [3.8, 4) is 17.2 Å². The molecule has 1 fully saturated rings. The molecule has 0 spiro atoms. The van der Waals surface area contributed by atoms with Crippen LogP contribution in [0.5, 0.6) is 17.2 Å². The first kappa shape index (κ1) is 27.8. The fourth-order valence-electron chi connectivity index (χ4n) is 4.68. The summed E-state index contributed by atoms with van der Waals surface area (Å²) in [5, 5.41) is 11.6. The third kappa shape index (κ3) is 5.48. The number of hydrogen-bond donors (Lipinski definition) is 1. The summed E-state index contributed by atoms with van der Waals surface area (Å²) < 4.78 is 17.1. The lowest BCUT2D eigenvalue weighted by Crippen LogP contribution is -2.30. The number of amides is 1. The molecule has 1 amide bonds. The highest BCUT2D eigenvalue weighted by Gasteiger charge is 2.47. The van der Waals surface area contributed by atoms with E-state index < -0.39 is 17.7 Å². The Morgan fingerprint density at radius 2 is 1.72 bits per heavy atom. The summed E-state index contributed by atoms with van der Waals surface area (Å²) in [4.78, 5) is 28.7. The number of aliphatic hydroxyl groups excluding tert-OH is 1. The molecule has 7 nitrogen and oxygen atoms in total. The molecular formula is C32H35NO6. The van der Waals surface area contributed by atoms with Crippen LogP contribution in [-0.4, -0.2) is 37.1 Å². The van der Waals surface area contributed by atoms with Crippen molar-refractivity contribution < 1.29 is 28.9 Å². The van der Waals surface area contributed by atoms with E-state index in [-0.39, 0.29) is 11.3 Å². The Morgan fingerprint density at radius 3 is 2.41 bits per heavy atom. The van der Waals surface area contributed by atoms with Crippen LogP contribution in [0.2, 0.25) is 0 Å². The number of carbonyl (C=O) groups excluding carboxylic acids is 2. The average molecular weight is 530 g/mol. The number of ether oxygens (including phenoxy) is 3. The predicted octanol–water partition coefficient (Wildman–Crippen LogP) is 6.37. The van der Waals surface area contributed by atoms with Gasteiger partial charge < -0.3 is 19.3 Å². The normalized spacial score (nSPS) is 16.6. The van der Waals surface area contributed by atoms with Gasteiger partial charge in [0.25, 0.3) is 11.7 Å². The second-order valence-electron chi connectivity index (χ2n) is 9.96. The quantitative estimate of drug-likeness (QED) is 0.197. The smallest absolute Gasteiger partial charge is 0.300 e. The first-order valence-corrected chi connectivity index (χ1v) is 13.1. The maximum atomic E-state index is 13.6. The van der Waals surface area contributed by atoms with Gasteiger partial charge >= 0.3 is 0 Å². The number of hydrogen-bond acceptors (Lipinski definition) is 6. The van der Waals surface area contributed by atoms with Gasteiger partial charge in [0.2, 0.25) is 0 Å². The van der Waals surface area contributed by atoms with E-state index in [0.29, 0.717) is 53.2 Å². The van der Waals surface area contributed by atoms with Crippen LogP contribution >= 0.6 is 0 Å². The number of methoxy groups -OCH3 is 1. The molecule has 1 saturated heterocycles. The van der Waals surface area contributed by atoms with Crippen LogP contribution < -0.4 is 19.1 Å². The van der Waals surface area contributed by atoms with Gasteiger partial charge in [-0.1, -0.05) is 44.2 Å². The molecule has 0 bridgehead atoms. The molecule has 0 aromatic heterocycles. The summed E-state index contributed by atoms with van der Waals surface area (Å²) in [5.41, 5.74) is 3.44. The minimum Gasteiger partial charge on any atom is -0.507 e. The zero-order valence-electron chi connectivity index (χ0n) is 23.3. The Bertz CT molecular complexity index is 1420. The van der Waals surface area contributed by atoms with Gasteiger partial charge in [-0.2, -0.15) is 0 Å². The number of anilines is 1. The molecule has 1 atom stereocenters. The van der Waals surface area contributed by atoms with Crippen molar-refractivity contribution >= 4 is 23.1 Å². The SMILES string of the molecule is CCOc1cc(C2/C(=C(\O)c3cccc(OCC(C)C)c3)C(=O)C(=O)N2c2cccc(C)c2C)ccc1OC. The topological polar surface area (TPSA) is 85.3 Å². The minimum absolute atomic E-state index is 0.00506. The van der Waals surface area contributed by atoms with E-state index in [9.17, 15) is 14.7 Å². The van der Waals surface area contributed by atoms with Gasteiger partial charge in [0.05, 0.1) is 31.9 Å².